The molecule has 10 heteroatoms. The molecule has 2 heterocycles. The van der Waals surface area contributed by atoms with Crippen molar-refractivity contribution in [3.63, 3.8) is 0 Å². The van der Waals surface area contributed by atoms with Gasteiger partial charge in [0.05, 0.1) is 11.1 Å². The minimum atomic E-state index is -1.03. The van der Waals surface area contributed by atoms with E-state index in [0.29, 0.717) is 17.2 Å². The highest BCUT2D eigenvalue weighted by molar-refractivity contribution is 5.93. The smallest absolute Gasteiger partial charge is 0.335 e. The molecular weight excluding hydrogens is 436 g/mol. The molecule has 0 unspecified atom stereocenters. The van der Waals surface area contributed by atoms with Gasteiger partial charge < -0.3 is 20.2 Å². The Morgan fingerprint density at radius 2 is 1.65 bits per heavy atom. The zero-order valence-corrected chi connectivity index (χ0v) is 17.9. The van der Waals surface area contributed by atoms with Gasteiger partial charge in [0.1, 0.15) is 6.42 Å². The van der Waals surface area contributed by atoms with Crippen LogP contribution < -0.4 is 10.6 Å². The first-order chi connectivity index (χ1) is 16.5. The number of rotatable bonds is 7. The third-order valence-electron chi connectivity index (χ3n) is 5.48. The van der Waals surface area contributed by atoms with E-state index in [0.717, 1.165) is 12.8 Å². The highest BCUT2D eigenvalue weighted by Crippen LogP contribution is 2.24. The van der Waals surface area contributed by atoms with E-state index in [2.05, 4.69) is 42.9 Å². The summed E-state index contributed by atoms with van der Waals surface area (Å²) in [5.74, 6) is -0.525. The van der Waals surface area contributed by atoms with Crippen LogP contribution in [-0.2, 0) is 24.1 Å². The second-order valence-corrected chi connectivity index (χ2v) is 7.92. The first-order valence-electron chi connectivity index (χ1n) is 10.6. The fourth-order valence-electron chi connectivity index (χ4n) is 3.84. The second-order valence-electron chi connectivity index (χ2n) is 7.92. The number of aromatic nitrogens is 4. The lowest BCUT2D eigenvalue weighted by Crippen LogP contribution is -2.20. The third-order valence-corrected chi connectivity index (χ3v) is 5.48. The molecule has 0 spiro atoms. The Balaban J connectivity index is 1.17. The molecule has 5 rings (SSSR count). The van der Waals surface area contributed by atoms with Gasteiger partial charge in [-0.05, 0) is 48.2 Å². The van der Waals surface area contributed by atoms with Crippen LogP contribution >= 0.6 is 0 Å². The van der Waals surface area contributed by atoms with Crippen molar-refractivity contribution in [3.8, 4) is 11.5 Å². The van der Waals surface area contributed by atoms with Crippen LogP contribution in [0.25, 0.3) is 11.5 Å². The number of aromatic carboxylic acids is 1. The fourth-order valence-corrected chi connectivity index (χ4v) is 3.84. The highest BCUT2D eigenvalue weighted by atomic mass is 16.4. The molecule has 0 saturated heterocycles. The summed E-state index contributed by atoms with van der Waals surface area (Å²) in [6.07, 6.45) is 4.92. The molecule has 34 heavy (non-hydrogen) atoms. The molecule has 10 nitrogen and oxygen atoms in total. The number of nitrogens with zero attached hydrogens (tertiary/aromatic N) is 4. The summed E-state index contributed by atoms with van der Waals surface area (Å²) >= 11 is 0. The fraction of sp³-hybridized carbons (Fsp3) is 0.167. The topological polar surface area (TPSA) is 143 Å². The summed E-state index contributed by atoms with van der Waals surface area (Å²) in [5, 5.41) is 22.8. The van der Waals surface area contributed by atoms with Crippen molar-refractivity contribution in [2.45, 2.75) is 25.3 Å². The molecule has 1 aliphatic rings. The Bertz CT molecular complexity index is 1310. The summed E-state index contributed by atoms with van der Waals surface area (Å²) in [6, 6.07) is 14.5. The number of carboxylic acids is 1. The average Bonchev–Trinajstić information content (AvgIpc) is 3.46. The average molecular weight is 456 g/mol. The molecule has 2 aromatic carbocycles. The van der Waals surface area contributed by atoms with Gasteiger partial charge in [-0.25, -0.2) is 14.8 Å². The first-order valence-corrected chi connectivity index (χ1v) is 10.6. The van der Waals surface area contributed by atoms with E-state index in [-0.39, 0.29) is 35.7 Å². The Labute approximate surface area is 194 Å². The number of carboxylic acid groups (broad SMARTS) is 1. The third kappa shape index (κ3) is 4.75. The number of anilines is 2. The minimum absolute atomic E-state index is 0.129. The molecule has 4 aromatic rings. The van der Waals surface area contributed by atoms with Crippen molar-refractivity contribution in [2.24, 2.45) is 0 Å². The van der Waals surface area contributed by atoms with Crippen molar-refractivity contribution in [3.05, 3.63) is 83.5 Å². The van der Waals surface area contributed by atoms with Gasteiger partial charge in [-0.1, -0.05) is 24.3 Å². The number of amides is 1. The number of fused-ring (bicyclic) bond motifs is 1. The molecule has 0 fully saturated rings. The van der Waals surface area contributed by atoms with Crippen LogP contribution in [0.3, 0.4) is 0 Å². The standard InChI is InChI=1S/C24H20N6O4/c31-20(27-18-7-5-14(6-8-18)23(32)33)11-21-29-30-22(34-21)17-12-25-24(26-13-17)28-19-9-15-3-1-2-4-16(15)10-19/h1-8,12-13,19H,9-11H2,(H,27,31)(H,32,33)(H,25,26,28). The van der Waals surface area contributed by atoms with Gasteiger partial charge in [0.2, 0.25) is 17.7 Å². The number of nitrogens with one attached hydrogen (secondary N) is 2. The lowest BCUT2D eigenvalue weighted by Gasteiger charge is -2.11. The van der Waals surface area contributed by atoms with Crippen molar-refractivity contribution >= 4 is 23.5 Å². The lowest BCUT2D eigenvalue weighted by molar-refractivity contribution is -0.115. The zero-order chi connectivity index (χ0) is 23.5. The highest BCUT2D eigenvalue weighted by Gasteiger charge is 2.21. The van der Waals surface area contributed by atoms with Crippen LogP contribution in [0.2, 0.25) is 0 Å². The van der Waals surface area contributed by atoms with Crippen LogP contribution in [0.4, 0.5) is 11.6 Å². The van der Waals surface area contributed by atoms with E-state index >= 15 is 0 Å². The molecule has 0 radical (unpaired) electrons. The summed E-state index contributed by atoms with van der Waals surface area (Å²) < 4.78 is 5.58. The van der Waals surface area contributed by atoms with Crippen LogP contribution in [0.5, 0.6) is 0 Å². The number of hydrogen-bond donors (Lipinski definition) is 3. The number of carbonyl (C=O) groups is 2. The summed E-state index contributed by atoms with van der Waals surface area (Å²) in [6.45, 7) is 0. The van der Waals surface area contributed by atoms with Crippen molar-refractivity contribution in [1.29, 1.82) is 0 Å². The van der Waals surface area contributed by atoms with Gasteiger partial charge >= 0.3 is 5.97 Å². The van der Waals surface area contributed by atoms with Crippen LogP contribution in [0.15, 0.2) is 65.3 Å². The quantitative estimate of drug-likeness (QED) is 0.382. The summed E-state index contributed by atoms with van der Waals surface area (Å²) in [7, 11) is 0. The van der Waals surface area contributed by atoms with Gasteiger partial charge in [-0.3, -0.25) is 4.79 Å². The van der Waals surface area contributed by atoms with Crippen molar-refractivity contribution in [2.75, 3.05) is 10.6 Å². The van der Waals surface area contributed by atoms with Gasteiger partial charge in [0.25, 0.3) is 5.89 Å². The molecular formula is C24H20N6O4. The van der Waals surface area contributed by atoms with E-state index in [1.807, 2.05) is 12.1 Å². The van der Waals surface area contributed by atoms with Crippen molar-refractivity contribution < 1.29 is 19.1 Å². The van der Waals surface area contributed by atoms with Gasteiger partial charge in [0.15, 0.2) is 0 Å². The maximum absolute atomic E-state index is 12.2. The number of carbonyl (C=O) groups excluding carboxylic acids is 1. The van der Waals surface area contributed by atoms with E-state index in [4.69, 9.17) is 9.52 Å². The first kappa shape index (κ1) is 21.3. The number of hydrogen-bond acceptors (Lipinski definition) is 8. The molecule has 0 aliphatic heterocycles. The maximum atomic E-state index is 12.2. The van der Waals surface area contributed by atoms with Gasteiger partial charge in [0, 0.05) is 24.1 Å². The van der Waals surface area contributed by atoms with E-state index < -0.39 is 5.97 Å². The van der Waals surface area contributed by atoms with E-state index in [1.165, 1.54) is 35.4 Å². The number of benzene rings is 2. The van der Waals surface area contributed by atoms with Crippen LogP contribution in [-0.4, -0.2) is 43.2 Å². The molecule has 3 N–H and O–H groups in total. The monoisotopic (exact) mass is 456 g/mol. The maximum Gasteiger partial charge on any atom is 0.335 e. The predicted molar refractivity (Wildman–Crippen MR) is 122 cm³/mol. The normalized spacial score (nSPS) is 12.8. The lowest BCUT2D eigenvalue weighted by atomic mass is 10.1. The molecule has 0 saturated carbocycles. The molecule has 170 valence electrons. The van der Waals surface area contributed by atoms with E-state index in [9.17, 15) is 9.59 Å². The van der Waals surface area contributed by atoms with Gasteiger partial charge in [-0.2, -0.15) is 0 Å². The Hall–Kier alpha value is -4.60. The second kappa shape index (κ2) is 9.10. The molecule has 0 atom stereocenters. The van der Waals surface area contributed by atoms with Crippen LogP contribution in [0.1, 0.15) is 27.4 Å². The molecule has 1 amide bonds. The van der Waals surface area contributed by atoms with E-state index in [1.54, 1.807) is 12.4 Å². The Morgan fingerprint density at radius 1 is 0.971 bits per heavy atom. The zero-order valence-electron chi connectivity index (χ0n) is 17.9. The molecule has 2 aromatic heterocycles. The summed E-state index contributed by atoms with van der Waals surface area (Å²) in [4.78, 5) is 31.9. The minimum Gasteiger partial charge on any atom is -0.478 e. The van der Waals surface area contributed by atoms with Gasteiger partial charge in [-0.15, -0.1) is 10.2 Å². The Kier molecular flexibility index (Phi) is 5.69. The molecule has 1 aliphatic carbocycles. The largest absolute Gasteiger partial charge is 0.478 e. The van der Waals surface area contributed by atoms with Crippen LogP contribution in [0, 0.1) is 0 Å². The van der Waals surface area contributed by atoms with Crippen molar-refractivity contribution in [1.82, 2.24) is 20.2 Å². The SMILES string of the molecule is O=C(Cc1nnc(-c2cnc(NC3Cc4ccccc4C3)nc2)o1)Nc1ccc(C(=O)O)cc1. The summed E-state index contributed by atoms with van der Waals surface area (Å²) in [5.41, 5.74) is 3.84. The Morgan fingerprint density at radius 3 is 2.29 bits per heavy atom. The predicted octanol–water partition coefficient (Wildman–Crippen LogP) is 2.99. The molecule has 0 bridgehead atoms.